The van der Waals surface area contributed by atoms with Crippen molar-refractivity contribution in [1.29, 1.82) is 0 Å². The Labute approximate surface area is 185 Å². The summed E-state index contributed by atoms with van der Waals surface area (Å²) in [7, 11) is 0. The Balaban J connectivity index is 1.39. The summed E-state index contributed by atoms with van der Waals surface area (Å²) < 4.78 is 11.1. The molecule has 2 heterocycles. The van der Waals surface area contributed by atoms with E-state index < -0.39 is 18.0 Å². The number of carbonyl (C=O) groups excluding carboxylic acids is 3. The summed E-state index contributed by atoms with van der Waals surface area (Å²) in [5.74, 6) is 1.21. The van der Waals surface area contributed by atoms with E-state index in [0.29, 0.717) is 29.0 Å². The van der Waals surface area contributed by atoms with E-state index >= 15 is 0 Å². The van der Waals surface area contributed by atoms with Crippen molar-refractivity contribution in [3.05, 3.63) is 33.7 Å². The van der Waals surface area contributed by atoms with Gasteiger partial charge in [0.25, 0.3) is 0 Å². The summed E-state index contributed by atoms with van der Waals surface area (Å²) in [6.07, 6.45) is 6.47. The number of esters is 2. The van der Waals surface area contributed by atoms with Gasteiger partial charge >= 0.3 is 18.0 Å². The van der Waals surface area contributed by atoms with Crippen LogP contribution in [0.2, 0.25) is 0 Å². The summed E-state index contributed by atoms with van der Waals surface area (Å²) >= 11 is 1.44. The topological polar surface area (TPSA) is 93.7 Å². The van der Waals surface area contributed by atoms with Crippen LogP contribution in [0.25, 0.3) is 0 Å². The third-order valence-electron chi connectivity index (χ3n) is 7.30. The Kier molecular flexibility index (Phi) is 5.28. The first-order valence-corrected chi connectivity index (χ1v) is 12.0. The minimum atomic E-state index is -0.624. The number of carbonyl (C=O) groups is 3. The van der Waals surface area contributed by atoms with Crippen molar-refractivity contribution in [2.45, 2.75) is 51.5 Å². The van der Waals surface area contributed by atoms with Gasteiger partial charge in [0.1, 0.15) is 6.61 Å². The van der Waals surface area contributed by atoms with Gasteiger partial charge in [-0.2, -0.15) is 0 Å². The third-order valence-corrected chi connectivity index (χ3v) is 8.23. The van der Waals surface area contributed by atoms with E-state index in [4.69, 9.17) is 9.47 Å². The molecule has 0 unspecified atom stereocenters. The van der Waals surface area contributed by atoms with Gasteiger partial charge < -0.3 is 20.1 Å². The molecule has 0 radical (unpaired) electrons. The number of amides is 2. The average molecular weight is 445 g/mol. The lowest BCUT2D eigenvalue weighted by Crippen LogP contribution is -2.51. The molecule has 2 N–H and O–H groups in total. The summed E-state index contributed by atoms with van der Waals surface area (Å²) in [6.45, 7) is 1.82. The molecular weight excluding hydrogens is 416 g/mol. The second-order valence-corrected chi connectivity index (χ2v) is 10.4. The van der Waals surface area contributed by atoms with Crippen molar-refractivity contribution in [1.82, 2.24) is 10.6 Å². The second kappa shape index (κ2) is 7.97. The number of nitrogens with one attached hydrogen (secondary N) is 2. The highest BCUT2D eigenvalue weighted by Gasteiger charge is 2.55. The number of rotatable bonds is 6. The Hall–Kier alpha value is -2.35. The van der Waals surface area contributed by atoms with Crippen molar-refractivity contribution in [3.63, 3.8) is 0 Å². The van der Waals surface area contributed by atoms with E-state index in [1.807, 2.05) is 17.5 Å². The van der Waals surface area contributed by atoms with Crippen LogP contribution in [-0.4, -0.2) is 31.2 Å². The van der Waals surface area contributed by atoms with E-state index in [0.717, 1.165) is 24.1 Å². The van der Waals surface area contributed by atoms with Crippen LogP contribution in [0.1, 0.15) is 56.4 Å². The highest BCUT2D eigenvalue weighted by molar-refractivity contribution is 7.10. The van der Waals surface area contributed by atoms with Crippen LogP contribution >= 0.6 is 11.3 Å². The van der Waals surface area contributed by atoms with Crippen LogP contribution in [-0.2, 0) is 19.1 Å². The van der Waals surface area contributed by atoms with Gasteiger partial charge in [0.2, 0.25) is 0 Å². The van der Waals surface area contributed by atoms with Crippen molar-refractivity contribution < 1.29 is 23.9 Å². The van der Waals surface area contributed by atoms with E-state index in [2.05, 4.69) is 10.6 Å². The number of thiophene rings is 1. The van der Waals surface area contributed by atoms with Crippen LogP contribution in [0.4, 0.5) is 4.79 Å². The van der Waals surface area contributed by atoms with Crippen LogP contribution in [0, 0.1) is 23.2 Å². The van der Waals surface area contributed by atoms with Gasteiger partial charge in [-0.25, -0.2) is 9.59 Å². The van der Waals surface area contributed by atoms with Gasteiger partial charge in [-0.05, 0) is 74.6 Å². The monoisotopic (exact) mass is 444 g/mol. The van der Waals surface area contributed by atoms with E-state index in [-0.39, 0.29) is 24.6 Å². The predicted octanol–water partition coefficient (Wildman–Crippen LogP) is 3.68. The molecule has 0 aromatic carbocycles. The van der Waals surface area contributed by atoms with E-state index in [9.17, 15) is 14.4 Å². The molecule has 4 bridgehead atoms. The van der Waals surface area contributed by atoms with Gasteiger partial charge in [-0.15, -0.1) is 11.3 Å². The molecular formula is C23H28N2O5S. The van der Waals surface area contributed by atoms with Crippen molar-refractivity contribution in [2.24, 2.45) is 23.2 Å². The quantitative estimate of drug-likeness (QED) is 0.653. The standard InChI is InChI=1S/C23H28N2O5S/c1-2-29-20(26)18-16(24-22(28)25-19(18)17-4-3-5-31-17)12-30-21(27)23-9-13-6-14(10-23)8-15(7-13)11-23/h3-5,13-15,19H,2,6-12H2,1H3,(H2,24,25,28)/t13?,14?,15?,19-,23?/m1/s1. The molecule has 5 aliphatic rings. The molecule has 1 aliphatic heterocycles. The highest BCUT2D eigenvalue weighted by atomic mass is 32.1. The number of ether oxygens (including phenoxy) is 2. The Bertz CT molecular complexity index is 887. The molecule has 4 fully saturated rings. The van der Waals surface area contributed by atoms with Crippen molar-refractivity contribution in [3.8, 4) is 0 Å². The highest BCUT2D eigenvalue weighted by Crippen LogP contribution is 2.60. The number of hydrogen-bond acceptors (Lipinski definition) is 6. The van der Waals surface area contributed by atoms with Gasteiger partial charge in [-0.3, -0.25) is 4.79 Å². The zero-order chi connectivity index (χ0) is 21.6. The van der Waals surface area contributed by atoms with Crippen molar-refractivity contribution in [2.75, 3.05) is 13.2 Å². The minimum Gasteiger partial charge on any atom is -0.463 e. The van der Waals surface area contributed by atoms with Crippen LogP contribution in [0.5, 0.6) is 0 Å². The molecule has 1 aromatic rings. The summed E-state index contributed by atoms with van der Waals surface area (Å²) in [6, 6.07) is 2.68. The third kappa shape index (κ3) is 3.75. The molecule has 0 saturated heterocycles. The molecule has 6 rings (SSSR count). The lowest BCUT2D eigenvalue weighted by atomic mass is 9.49. The maximum atomic E-state index is 13.2. The van der Waals surface area contributed by atoms with Gasteiger partial charge in [0, 0.05) is 4.88 Å². The largest absolute Gasteiger partial charge is 0.463 e. The smallest absolute Gasteiger partial charge is 0.338 e. The molecule has 2 amide bonds. The molecule has 8 heteroatoms. The van der Waals surface area contributed by atoms with Crippen LogP contribution < -0.4 is 10.6 Å². The van der Waals surface area contributed by atoms with E-state index in [1.54, 1.807) is 6.92 Å². The number of urea groups is 1. The van der Waals surface area contributed by atoms with Gasteiger partial charge in [0.05, 0.1) is 29.3 Å². The predicted molar refractivity (Wildman–Crippen MR) is 114 cm³/mol. The van der Waals surface area contributed by atoms with Crippen molar-refractivity contribution >= 4 is 29.3 Å². The molecule has 31 heavy (non-hydrogen) atoms. The lowest BCUT2D eigenvalue weighted by molar-refractivity contribution is -0.170. The molecule has 4 aliphatic carbocycles. The Morgan fingerprint density at radius 3 is 2.39 bits per heavy atom. The normalized spacial score (nSPS) is 33.6. The zero-order valence-electron chi connectivity index (χ0n) is 17.6. The molecule has 7 nitrogen and oxygen atoms in total. The fourth-order valence-electron chi connectivity index (χ4n) is 6.50. The molecule has 1 aromatic heterocycles. The first kappa shape index (κ1) is 20.5. The van der Waals surface area contributed by atoms with E-state index in [1.165, 1.54) is 30.6 Å². The summed E-state index contributed by atoms with van der Waals surface area (Å²) in [4.78, 5) is 39.2. The van der Waals surface area contributed by atoms with Crippen LogP contribution in [0.15, 0.2) is 28.8 Å². The van der Waals surface area contributed by atoms with Gasteiger partial charge in [0.15, 0.2) is 0 Å². The Morgan fingerprint density at radius 2 is 1.81 bits per heavy atom. The molecule has 166 valence electrons. The maximum absolute atomic E-state index is 13.2. The SMILES string of the molecule is CCOC(=O)C1=C(COC(=O)C23CC4CC(CC(C4)C2)C3)NC(=O)N[C@@H]1c1cccs1. The second-order valence-electron chi connectivity index (χ2n) is 9.43. The first-order valence-electron chi connectivity index (χ1n) is 11.2. The molecule has 0 spiro atoms. The summed E-state index contributed by atoms with van der Waals surface area (Å²) in [5, 5.41) is 7.37. The van der Waals surface area contributed by atoms with Crippen LogP contribution in [0.3, 0.4) is 0 Å². The lowest BCUT2D eigenvalue weighted by Gasteiger charge is -2.55. The molecule has 1 atom stereocenters. The fourth-order valence-corrected chi connectivity index (χ4v) is 7.29. The fraction of sp³-hybridized carbons (Fsp3) is 0.609. The zero-order valence-corrected chi connectivity index (χ0v) is 18.5. The first-order chi connectivity index (χ1) is 15.0. The summed E-state index contributed by atoms with van der Waals surface area (Å²) in [5.41, 5.74) is 0.213. The number of hydrogen-bond donors (Lipinski definition) is 2. The average Bonchev–Trinajstić information content (AvgIpc) is 3.25. The van der Waals surface area contributed by atoms with Gasteiger partial charge in [-0.1, -0.05) is 6.07 Å². The molecule has 4 saturated carbocycles. The Morgan fingerprint density at radius 1 is 1.13 bits per heavy atom. The maximum Gasteiger partial charge on any atom is 0.338 e. The minimum absolute atomic E-state index is 0.135.